The zero-order valence-electron chi connectivity index (χ0n) is 15.0. The summed E-state index contributed by atoms with van der Waals surface area (Å²) in [5.41, 5.74) is 2.50. The van der Waals surface area contributed by atoms with E-state index in [0.29, 0.717) is 18.4 Å². The van der Waals surface area contributed by atoms with E-state index >= 15 is 0 Å². The maximum absolute atomic E-state index is 11.7. The van der Waals surface area contributed by atoms with Gasteiger partial charge in [-0.3, -0.25) is 4.99 Å². The molecule has 6 heteroatoms. The Balaban J connectivity index is 2.56. The van der Waals surface area contributed by atoms with Gasteiger partial charge in [0.1, 0.15) is 0 Å². The minimum absolute atomic E-state index is 0.310. The van der Waals surface area contributed by atoms with E-state index < -0.39 is 14.6 Å². The van der Waals surface area contributed by atoms with Crippen molar-refractivity contribution in [2.75, 3.05) is 26.4 Å². The van der Waals surface area contributed by atoms with Crippen LogP contribution in [-0.4, -0.2) is 45.5 Å². The van der Waals surface area contributed by atoms with Gasteiger partial charge in [0.2, 0.25) is 0 Å². The first-order valence-electron chi connectivity index (χ1n) is 7.77. The Morgan fingerprint density at radius 2 is 1.78 bits per heavy atom. The van der Waals surface area contributed by atoms with Crippen molar-refractivity contribution in [2.24, 2.45) is 4.99 Å². The standard InChI is InChI=1S/C17H29N3O2S/c1-13-7-9-15(10-8-13)14(2)11-19-16(18-5)20-12-17(3,4)23(6,21)22/h7-10,14H,11-12H2,1-6H3,(H2,18,19,20). The molecule has 0 saturated heterocycles. The lowest BCUT2D eigenvalue weighted by Crippen LogP contribution is -2.48. The molecular weight excluding hydrogens is 310 g/mol. The molecular formula is C17H29N3O2S. The van der Waals surface area contributed by atoms with Crippen molar-refractivity contribution in [3.8, 4) is 0 Å². The van der Waals surface area contributed by atoms with Gasteiger partial charge in [0.25, 0.3) is 0 Å². The molecule has 23 heavy (non-hydrogen) atoms. The minimum Gasteiger partial charge on any atom is -0.356 e. The number of hydrogen-bond acceptors (Lipinski definition) is 3. The topological polar surface area (TPSA) is 70.6 Å². The summed E-state index contributed by atoms with van der Waals surface area (Å²) in [5, 5.41) is 6.34. The molecule has 0 fully saturated rings. The predicted octanol–water partition coefficient (Wildman–Crippen LogP) is 2.09. The van der Waals surface area contributed by atoms with Gasteiger partial charge >= 0.3 is 0 Å². The summed E-state index contributed by atoms with van der Waals surface area (Å²) in [7, 11) is -1.45. The quantitative estimate of drug-likeness (QED) is 0.615. The van der Waals surface area contributed by atoms with Crippen molar-refractivity contribution in [1.29, 1.82) is 0 Å². The lowest BCUT2D eigenvalue weighted by atomic mass is 10.0. The first-order chi connectivity index (χ1) is 10.6. The zero-order valence-corrected chi connectivity index (χ0v) is 15.8. The fourth-order valence-electron chi connectivity index (χ4n) is 1.91. The molecule has 1 aromatic rings. The lowest BCUT2D eigenvalue weighted by Gasteiger charge is -2.24. The van der Waals surface area contributed by atoms with E-state index in [1.165, 1.54) is 17.4 Å². The maximum Gasteiger partial charge on any atom is 0.191 e. The molecule has 0 bridgehead atoms. The number of nitrogens with one attached hydrogen (secondary N) is 2. The highest BCUT2D eigenvalue weighted by atomic mass is 32.2. The second-order valence-electron chi connectivity index (χ2n) is 6.65. The summed E-state index contributed by atoms with van der Waals surface area (Å²) in [5.74, 6) is 0.942. The summed E-state index contributed by atoms with van der Waals surface area (Å²) in [4.78, 5) is 4.15. The third-order valence-electron chi connectivity index (χ3n) is 4.13. The van der Waals surface area contributed by atoms with Crippen LogP contribution in [-0.2, 0) is 9.84 Å². The Morgan fingerprint density at radius 1 is 1.22 bits per heavy atom. The molecule has 1 rings (SSSR count). The van der Waals surface area contributed by atoms with E-state index in [1.54, 1.807) is 20.9 Å². The van der Waals surface area contributed by atoms with Gasteiger partial charge in [-0.1, -0.05) is 36.8 Å². The highest BCUT2D eigenvalue weighted by Crippen LogP contribution is 2.15. The van der Waals surface area contributed by atoms with Crippen molar-refractivity contribution < 1.29 is 8.42 Å². The molecule has 0 aliphatic heterocycles. The van der Waals surface area contributed by atoms with Crippen LogP contribution in [0.3, 0.4) is 0 Å². The first-order valence-corrected chi connectivity index (χ1v) is 9.66. The fraction of sp³-hybridized carbons (Fsp3) is 0.588. The molecule has 0 saturated carbocycles. The predicted molar refractivity (Wildman–Crippen MR) is 97.9 cm³/mol. The molecule has 0 radical (unpaired) electrons. The number of rotatable bonds is 6. The molecule has 0 amide bonds. The van der Waals surface area contributed by atoms with Crippen LogP contribution in [0, 0.1) is 6.92 Å². The van der Waals surface area contributed by atoms with Gasteiger partial charge in [-0.15, -0.1) is 0 Å². The van der Waals surface area contributed by atoms with Crippen LogP contribution >= 0.6 is 0 Å². The fourth-order valence-corrected chi connectivity index (χ4v) is 2.25. The summed E-state index contributed by atoms with van der Waals surface area (Å²) in [6, 6.07) is 8.47. The number of nitrogens with zero attached hydrogens (tertiary/aromatic N) is 1. The first kappa shape index (κ1) is 19.5. The van der Waals surface area contributed by atoms with E-state index in [9.17, 15) is 8.42 Å². The number of hydrogen-bond donors (Lipinski definition) is 2. The molecule has 5 nitrogen and oxygen atoms in total. The Morgan fingerprint density at radius 3 is 2.26 bits per heavy atom. The number of aryl methyl sites for hydroxylation is 1. The SMILES string of the molecule is CN=C(NCC(C)c1ccc(C)cc1)NCC(C)(C)S(C)(=O)=O. The Hall–Kier alpha value is -1.56. The Labute approximate surface area is 140 Å². The third-order valence-corrected chi connectivity index (χ3v) is 6.28. The second-order valence-corrected chi connectivity index (χ2v) is 9.30. The summed E-state index contributed by atoms with van der Waals surface area (Å²) in [6.45, 7) is 8.66. The maximum atomic E-state index is 11.7. The van der Waals surface area contributed by atoms with Gasteiger partial charge < -0.3 is 10.6 Å². The third kappa shape index (κ3) is 5.86. The molecule has 1 aromatic carbocycles. The molecule has 0 spiro atoms. The molecule has 0 aliphatic rings. The largest absolute Gasteiger partial charge is 0.356 e. The summed E-state index contributed by atoms with van der Waals surface area (Å²) >= 11 is 0. The van der Waals surface area contributed by atoms with Crippen molar-refractivity contribution in [1.82, 2.24) is 10.6 Å². The van der Waals surface area contributed by atoms with E-state index in [2.05, 4.69) is 53.7 Å². The number of guanidine groups is 1. The average Bonchev–Trinajstić information content (AvgIpc) is 2.46. The Bertz CT molecular complexity index is 634. The van der Waals surface area contributed by atoms with Crippen molar-refractivity contribution in [3.05, 3.63) is 35.4 Å². The van der Waals surface area contributed by atoms with Crippen LogP contribution < -0.4 is 10.6 Å². The molecule has 0 aromatic heterocycles. The van der Waals surface area contributed by atoms with Gasteiger partial charge in [0, 0.05) is 26.4 Å². The van der Waals surface area contributed by atoms with E-state index in [0.717, 1.165) is 6.54 Å². The van der Waals surface area contributed by atoms with E-state index in [4.69, 9.17) is 0 Å². The van der Waals surface area contributed by atoms with Gasteiger partial charge in [-0.2, -0.15) is 0 Å². The molecule has 1 atom stereocenters. The monoisotopic (exact) mass is 339 g/mol. The van der Waals surface area contributed by atoms with Crippen LogP contribution in [0.2, 0.25) is 0 Å². The average molecular weight is 340 g/mol. The van der Waals surface area contributed by atoms with Gasteiger partial charge in [-0.25, -0.2) is 8.42 Å². The van der Waals surface area contributed by atoms with Crippen molar-refractivity contribution in [3.63, 3.8) is 0 Å². The summed E-state index contributed by atoms with van der Waals surface area (Å²) in [6.07, 6.45) is 1.25. The van der Waals surface area contributed by atoms with Crippen LogP contribution in [0.25, 0.3) is 0 Å². The van der Waals surface area contributed by atoms with Gasteiger partial charge in [0.05, 0.1) is 4.75 Å². The highest BCUT2D eigenvalue weighted by Gasteiger charge is 2.30. The van der Waals surface area contributed by atoms with Gasteiger partial charge in [-0.05, 0) is 32.3 Å². The molecule has 2 N–H and O–H groups in total. The highest BCUT2D eigenvalue weighted by molar-refractivity contribution is 7.92. The van der Waals surface area contributed by atoms with Crippen LogP contribution in [0.1, 0.15) is 37.8 Å². The number of sulfone groups is 1. The zero-order chi connectivity index (χ0) is 17.7. The number of benzene rings is 1. The summed E-state index contributed by atoms with van der Waals surface area (Å²) < 4.78 is 22.6. The van der Waals surface area contributed by atoms with E-state index in [-0.39, 0.29) is 0 Å². The van der Waals surface area contributed by atoms with Crippen molar-refractivity contribution in [2.45, 2.75) is 38.4 Å². The smallest absolute Gasteiger partial charge is 0.191 e. The number of aliphatic imine (C=N–C) groups is 1. The van der Waals surface area contributed by atoms with Gasteiger partial charge in [0.15, 0.2) is 15.8 Å². The van der Waals surface area contributed by atoms with Crippen LogP contribution in [0.4, 0.5) is 0 Å². The normalized spacial score (nSPS) is 14.4. The molecule has 1 unspecified atom stereocenters. The van der Waals surface area contributed by atoms with E-state index in [1.807, 2.05) is 0 Å². The van der Waals surface area contributed by atoms with Crippen LogP contribution in [0.15, 0.2) is 29.3 Å². The minimum atomic E-state index is -3.13. The van der Waals surface area contributed by atoms with Crippen LogP contribution in [0.5, 0.6) is 0 Å². The molecule has 130 valence electrons. The second kappa shape index (κ2) is 7.81. The Kier molecular flexibility index (Phi) is 6.62. The molecule has 0 heterocycles. The lowest BCUT2D eigenvalue weighted by molar-refractivity contribution is 0.543. The van der Waals surface area contributed by atoms with Crippen molar-refractivity contribution >= 4 is 15.8 Å². The molecule has 0 aliphatic carbocycles.